The van der Waals surface area contributed by atoms with Gasteiger partial charge in [-0.1, -0.05) is 34.1 Å². The van der Waals surface area contributed by atoms with Crippen molar-refractivity contribution in [3.8, 4) is 11.5 Å². The summed E-state index contributed by atoms with van der Waals surface area (Å²) < 4.78 is 7.05. The van der Waals surface area contributed by atoms with E-state index >= 15 is 0 Å². The summed E-state index contributed by atoms with van der Waals surface area (Å²) in [6, 6.07) is 9.28. The number of aryl methyl sites for hydroxylation is 2. The third kappa shape index (κ3) is 4.94. The first-order chi connectivity index (χ1) is 11.4. The van der Waals surface area contributed by atoms with E-state index in [4.69, 9.17) is 4.74 Å². The zero-order chi connectivity index (χ0) is 17.7. The highest BCUT2D eigenvalue weighted by molar-refractivity contribution is 14.1. The number of amides is 1. The van der Waals surface area contributed by atoms with E-state index in [0.29, 0.717) is 14.9 Å². The number of hydrazone groups is 1. The molecule has 0 aliphatic carbocycles. The van der Waals surface area contributed by atoms with E-state index in [1.807, 2.05) is 54.6 Å². The number of aromatic hydroxyl groups is 1. The lowest BCUT2D eigenvalue weighted by Gasteiger charge is -2.10. The van der Waals surface area contributed by atoms with Crippen LogP contribution in [0.5, 0.6) is 11.5 Å². The van der Waals surface area contributed by atoms with E-state index in [2.05, 4.69) is 26.5 Å². The predicted octanol–water partition coefficient (Wildman–Crippen LogP) is 3.91. The summed E-state index contributed by atoms with van der Waals surface area (Å²) in [5.41, 5.74) is 4.83. The Kier molecular flexibility index (Phi) is 6.61. The number of rotatable bonds is 5. The molecular formula is C17H16BrIN2O3. The molecule has 0 bridgehead atoms. The Morgan fingerprint density at radius 3 is 2.71 bits per heavy atom. The maximum absolute atomic E-state index is 11.8. The summed E-state index contributed by atoms with van der Waals surface area (Å²) in [5, 5.41) is 13.8. The fraction of sp³-hybridized carbons (Fsp3) is 0.176. The number of ether oxygens (including phenoxy) is 1. The number of nitrogens with one attached hydrogen (secondary N) is 1. The van der Waals surface area contributed by atoms with E-state index in [9.17, 15) is 9.90 Å². The third-order valence-electron chi connectivity index (χ3n) is 3.21. The van der Waals surface area contributed by atoms with Gasteiger partial charge in [-0.2, -0.15) is 5.10 Å². The van der Waals surface area contributed by atoms with E-state index < -0.39 is 0 Å². The zero-order valence-electron chi connectivity index (χ0n) is 13.1. The molecule has 0 saturated heterocycles. The highest BCUT2D eigenvalue weighted by Crippen LogP contribution is 2.27. The van der Waals surface area contributed by atoms with Gasteiger partial charge in [0.2, 0.25) is 0 Å². The molecule has 2 aromatic rings. The van der Waals surface area contributed by atoms with Crippen LogP contribution < -0.4 is 10.2 Å². The summed E-state index contributed by atoms with van der Waals surface area (Å²) in [5.74, 6) is 0.442. The van der Waals surface area contributed by atoms with Crippen molar-refractivity contribution < 1.29 is 14.6 Å². The Morgan fingerprint density at radius 2 is 2.04 bits per heavy atom. The highest BCUT2D eigenvalue weighted by atomic mass is 127. The molecule has 0 aliphatic rings. The smallest absolute Gasteiger partial charge is 0.277 e. The number of benzene rings is 2. The fourth-order valence-electron chi connectivity index (χ4n) is 2.05. The molecule has 0 heterocycles. The van der Waals surface area contributed by atoms with Crippen molar-refractivity contribution in [2.45, 2.75) is 13.8 Å². The molecule has 0 saturated carbocycles. The Balaban J connectivity index is 1.94. The van der Waals surface area contributed by atoms with Crippen LogP contribution in [0, 0.1) is 17.4 Å². The lowest BCUT2D eigenvalue weighted by atomic mass is 10.1. The molecule has 2 N–H and O–H groups in total. The van der Waals surface area contributed by atoms with Gasteiger partial charge >= 0.3 is 0 Å². The van der Waals surface area contributed by atoms with Gasteiger partial charge in [-0.05, 0) is 59.7 Å². The average molecular weight is 503 g/mol. The minimum Gasteiger partial charge on any atom is -0.506 e. The molecule has 2 rings (SSSR count). The second-order valence-corrected chi connectivity index (χ2v) is 7.21. The third-order valence-corrected chi connectivity index (χ3v) is 4.49. The quantitative estimate of drug-likeness (QED) is 0.370. The van der Waals surface area contributed by atoms with Crippen LogP contribution in [-0.2, 0) is 4.79 Å². The van der Waals surface area contributed by atoms with Crippen LogP contribution in [0.1, 0.15) is 16.7 Å². The van der Waals surface area contributed by atoms with Crippen LogP contribution in [0.3, 0.4) is 0 Å². The predicted molar refractivity (Wildman–Crippen MR) is 106 cm³/mol. The fourth-order valence-corrected chi connectivity index (χ4v) is 3.61. The van der Waals surface area contributed by atoms with Crippen molar-refractivity contribution in [2.24, 2.45) is 5.10 Å². The normalized spacial score (nSPS) is 10.8. The molecule has 0 fully saturated rings. The van der Waals surface area contributed by atoms with Crippen molar-refractivity contribution in [1.82, 2.24) is 5.43 Å². The summed E-state index contributed by atoms with van der Waals surface area (Å²) in [4.78, 5) is 11.8. The van der Waals surface area contributed by atoms with Crippen molar-refractivity contribution >= 4 is 50.6 Å². The minimum absolute atomic E-state index is 0.114. The standard InChI is InChI=1S/C17H16BrIN2O3/c1-10-4-3-5-11(2)17(10)24-9-15(22)21-20-8-12-6-13(18)7-14(19)16(12)23/h3-8,23H,9H2,1-2H3,(H,21,22)/b20-8-. The molecule has 2 aromatic carbocycles. The Hall–Kier alpha value is -1.61. The first kappa shape index (κ1) is 18.7. The molecule has 0 radical (unpaired) electrons. The highest BCUT2D eigenvalue weighted by Gasteiger charge is 2.07. The van der Waals surface area contributed by atoms with Gasteiger partial charge in [0.05, 0.1) is 9.78 Å². The second kappa shape index (κ2) is 8.48. The zero-order valence-corrected chi connectivity index (χ0v) is 16.9. The number of phenols is 1. The maximum atomic E-state index is 11.8. The number of hydrogen-bond donors (Lipinski definition) is 2. The molecule has 7 heteroatoms. The monoisotopic (exact) mass is 502 g/mol. The van der Waals surface area contributed by atoms with Crippen molar-refractivity contribution in [2.75, 3.05) is 6.61 Å². The molecule has 0 aromatic heterocycles. The molecule has 0 aliphatic heterocycles. The van der Waals surface area contributed by atoms with Gasteiger partial charge in [-0.15, -0.1) is 0 Å². The number of nitrogens with zero attached hydrogens (tertiary/aromatic N) is 1. The molecule has 0 spiro atoms. The van der Waals surface area contributed by atoms with Gasteiger partial charge in [0.15, 0.2) is 6.61 Å². The summed E-state index contributed by atoms with van der Waals surface area (Å²) >= 11 is 5.36. The number of carbonyl (C=O) groups excluding carboxylic acids is 1. The summed E-state index contributed by atoms with van der Waals surface area (Å²) in [6.45, 7) is 3.72. The van der Waals surface area contributed by atoms with Gasteiger partial charge in [-0.3, -0.25) is 4.79 Å². The number of carbonyl (C=O) groups is 1. The molecule has 24 heavy (non-hydrogen) atoms. The van der Waals surface area contributed by atoms with Crippen LogP contribution >= 0.6 is 38.5 Å². The number of para-hydroxylation sites is 1. The van der Waals surface area contributed by atoms with Gasteiger partial charge in [0, 0.05) is 10.0 Å². The van der Waals surface area contributed by atoms with E-state index in [-0.39, 0.29) is 18.3 Å². The number of phenolic OH excluding ortho intramolecular Hbond substituents is 1. The van der Waals surface area contributed by atoms with Crippen LogP contribution in [0.15, 0.2) is 39.9 Å². The Labute approximate surface area is 162 Å². The molecule has 5 nitrogen and oxygen atoms in total. The lowest BCUT2D eigenvalue weighted by Crippen LogP contribution is -2.25. The molecule has 0 atom stereocenters. The molecule has 1 amide bonds. The Bertz CT molecular complexity index is 773. The maximum Gasteiger partial charge on any atom is 0.277 e. The van der Waals surface area contributed by atoms with Gasteiger partial charge in [0.1, 0.15) is 11.5 Å². The van der Waals surface area contributed by atoms with Gasteiger partial charge in [0.25, 0.3) is 5.91 Å². The largest absolute Gasteiger partial charge is 0.506 e. The van der Waals surface area contributed by atoms with Crippen LogP contribution in [-0.4, -0.2) is 23.8 Å². The number of hydrogen-bond acceptors (Lipinski definition) is 4. The topological polar surface area (TPSA) is 70.9 Å². The second-order valence-electron chi connectivity index (χ2n) is 5.13. The lowest BCUT2D eigenvalue weighted by molar-refractivity contribution is -0.123. The first-order valence-corrected chi connectivity index (χ1v) is 8.94. The van der Waals surface area contributed by atoms with Crippen molar-refractivity contribution in [1.29, 1.82) is 0 Å². The summed E-state index contributed by atoms with van der Waals surface area (Å²) in [7, 11) is 0. The van der Waals surface area contributed by atoms with Gasteiger partial charge in [-0.25, -0.2) is 5.43 Å². The van der Waals surface area contributed by atoms with Crippen LogP contribution in [0.2, 0.25) is 0 Å². The van der Waals surface area contributed by atoms with Crippen LogP contribution in [0.25, 0.3) is 0 Å². The minimum atomic E-state index is -0.377. The summed E-state index contributed by atoms with van der Waals surface area (Å²) in [6.07, 6.45) is 1.39. The van der Waals surface area contributed by atoms with Gasteiger partial charge < -0.3 is 9.84 Å². The molecule has 0 unspecified atom stereocenters. The van der Waals surface area contributed by atoms with E-state index in [0.717, 1.165) is 15.6 Å². The van der Waals surface area contributed by atoms with Crippen LogP contribution in [0.4, 0.5) is 0 Å². The number of halogens is 2. The van der Waals surface area contributed by atoms with Crippen molar-refractivity contribution in [3.05, 3.63) is 55.1 Å². The average Bonchev–Trinajstić information content (AvgIpc) is 2.51. The van der Waals surface area contributed by atoms with Crippen molar-refractivity contribution in [3.63, 3.8) is 0 Å². The molecular weight excluding hydrogens is 487 g/mol. The van der Waals surface area contributed by atoms with E-state index in [1.54, 1.807) is 12.1 Å². The molecule has 126 valence electrons. The first-order valence-electron chi connectivity index (χ1n) is 7.07. The Morgan fingerprint density at radius 1 is 1.38 bits per heavy atom. The SMILES string of the molecule is Cc1cccc(C)c1OCC(=O)N/N=C\c1cc(Br)cc(I)c1O. The van der Waals surface area contributed by atoms with E-state index in [1.165, 1.54) is 6.21 Å².